The van der Waals surface area contributed by atoms with Crippen molar-refractivity contribution in [1.29, 1.82) is 0 Å². The topological polar surface area (TPSA) is 85.1 Å². The summed E-state index contributed by atoms with van der Waals surface area (Å²) in [6.07, 6.45) is 1.61. The molecule has 6 heteroatoms. The Labute approximate surface area is 120 Å². The highest BCUT2D eigenvalue weighted by atomic mass is 32.2. The number of amides is 1. The van der Waals surface area contributed by atoms with E-state index in [4.69, 9.17) is 5.73 Å². The number of carbonyl (C=O) groups is 1. The van der Waals surface area contributed by atoms with Crippen LogP contribution < -0.4 is 11.1 Å². The van der Waals surface area contributed by atoms with Gasteiger partial charge < -0.3 is 11.1 Å². The first-order valence-corrected chi connectivity index (χ1v) is 7.87. The van der Waals surface area contributed by atoms with Gasteiger partial charge in [0.05, 0.1) is 5.52 Å². The van der Waals surface area contributed by atoms with Crippen LogP contribution in [0.5, 0.6) is 0 Å². The lowest BCUT2D eigenvalue weighted by atomic mass is 10.1. The number of carbonyl (C=O) groups excluding carboxylic acids is 1. The lowest BCUT2D eigenvalue weighted by Gasteiger charge is -2.10. The second kappa shape index (κ2) is 6.00. The quantitative estimate of drug-likeness (QED) is 0.889. The van der Waals surface area contributed by atoms with Gasteiger partial charge in [0.2, 0.25) is 0 Å². The van der Waals surface area contributed by atoms with Crippen molar-refractivity contribution >= 4 is 33.3 Å². The molecule has 2 atom stereocenters. The van der Waals surface area contributed by atoms with E-state index in [0.717, 1.165) is 5.39 Å². The first-order chi connectivity index (χ1) is 9.49. The normalized spacial score (nSPS) is 13.9. The summed E-state index contributed by atoms with van der Waals surface area (Å²) in [5.41, 5.74) is 7.41. The molecule has 1 aromatic carbocycles. The molecule has 0 aliphatic rings. The van der Waals surface area contributed by atoms with Crippen LogP contribution in [0.3, 0.4) is 0 Å². The Hall–Kier alpha value is -1.95. The molecule has 1 amide bonds. The summed E-state index contributed by atoms with van der Waals surface area (Å²) in [4.78, 5) is 16.3. The lowest BCUT2D eigenvalue weighted by Crippen LogP contribution is -2.33. The molecule has 20 heavy (non-hydrogen) atoms. The molecule has 0 aliphatic heterocycles. The molecule has 106 valence electrons. The van der Waals surface area contributed by atoms with E-state index >= 15 is 0 Å². The number of nitrogens with one attached hydrogen (secondary N) is 1. The van der Waals surface area contributed by atoms with Gasteiger partial charge in [-0.3, -0.25) is 9.00 Å². The first kappa shape index (κ1) is 14.5. The summed E-state index contributed by atoms with van der Waals surface area (Å²) in [5, 5.41) is 3.45. The molecule has 5 nitrogen and oxygen atoms in total. The monoisotopic (exact) mass is 291 g/mol. The number of aromatic nitrogens is 1. The maximum atomic E-state index is 12.0. The lowest BCUT2D eigenvalue weighted by molar-refractivity contribution is 0.0949. The van der Waals surface area contributed by atoms with E-state index in [2.05, 4.69) is 10.3 Å². The summed E-state index contributed by atoms with van der Waals surface area (Å²) >= 11 is 0. The minimum atomic E-state index is -0.970. The summed E-state index contributed by atoms with van der Waals surface area (Å²) in [6.45, 7) is 2.16. The van der Waals surface area contributed by atoms with Crippen molar-refractivity contribution in [2.45, 2.75) is 12.2 Å². The summed E-state index contributed by atoms with van der Waals surface area (Å²) < 4.78 is 11.2. The molecular formula is C14H17N3O2S. The summed E-state index contributed by atoms with van der Waals surface area (Å²) in [5.74, 6) is -0.306. The number of hydrogen-bond acceptors (Lipinski definition) is 4. The molecule has 3 N–H and O–H groups in total. The number of fused-ring (bicyclic) bond motifs is 1. The van der Waals surface area contributed by atoms with Crippen molar-refractivity contribution in [1.82, 2.24) is 10.3 Å². The standard InChI is InChI=1S/C14H17N3O2S/c1-9(20(2)19)8-16-14(18)13-7-11(15)10-5-3-4-6-12(10)17-13/h3-7,9H,8H2,1-2H3,(H2,15,17)(H,16,18). The van der Waals surface area contributed by atoms with Crippen LogP contribution in [0.1, 0.15) is 17.4 Å². The predicted octanol–water partition coefficient (Wildman–Crippen LogP) is 1.31. The zero-order chi connectivity index (χ0) is 14.7. The Morgan fingerprint density at radius 2 is 2.15 bits per heavy atom. The van der Waals surface area contributed by atoms with Crippen molar-refractivity contribution in [3.05, 3.63) is 36.0 Å². The number of nitrogens with two attached hydrogens (primary N) is 1. The highest BCUT2D eigenvalue weighted by Gasteiger charge is 2.13. The Morgan fingerprint density at radius 3 is 2.85 bits per heavy atom. The zero-order valence-electron chi connectivity index (χ0n) is 11.4. The van der Waals surface area contributed by atoms with Gasteiger partial charge in [0, 0.05) is 39.9 Å². The van der Waals surface area contributed by atoms with E-state index in [9.17, 15) is 9.00 Å². The van der Waals surface area contributed by atoms with E-state index < -0.39 is 10.8 Å². The van der Waals surface area contributed by atoms with Crippen LogP contribution in [0.4, 0.5) is 5.69 Å². The SMILES string of the molecule is CC(CNC(=O)c1cc(N)c2ccccc2n1)S(C)=O. The smallest absolute Gasteiger partial charge is 0.270 e. The van der Waals surface area contributed by atoms with Crippen LogP contribution >= 0.6 is 0 Å². The predicted molar refractivity (Wildman–Crippen MR) is 82.0 cm³/mol. The van der Waals surface area contributed by atoms with Crippen molar-refractivity contribution in [3.8, 4) is 0 Å². The highest BCUT2D eigenvalue weighted by molar-refractivity contribution is 7.84. The van der Waals surface area contributed by atoms with Gasteiger partial charge in [-0.15, -0.1) is 0 Å². The maximum absolute atomic E-state index is 12.0. The van der Waals surface area contributed by atoms with Crippen molar-refractivity contribution in [2.75, 3.05) is 18.5 Å². The van der Waals surface area contributed by atoms with Gasteiger partial charge in [0.1, 0.15) is 5.69 Å². The third-order valence-corrected chi connectivity index (χ3v) is 4.40. The molecule has 0 fully saturated rings. The molecule has 1 aromatic heterocycles. The number of nitrogens with zero attached hydrogens (tertiary/aromatic N) is 1. The van der Waals surface area contributed by atoms with E-state index in [0.29, 0.717) is 17.7 Å². The second-order valence-corrected chi connectivity index (χ2v) is 6.44. The second-order valence-electron chi connectivity index (χ2n) is 4.63. The van der Waals surface area contributed by atoms with Crippen LogP contribution in [-0.4, -0.2) is 33.2 Å². The largest absolute Gasteiger partial charge is 0.398 e. The number of hydrogen-bond donors (Lipinski definition) is 2. The fraction of sp³-hybridized carbons (Fsp3) is 0.286. The van der Waals surface area contributed by atoms with Crippen LogP contribution in [0, 0.1) is 0 Å². The third kappa shape index (κ3) is 3.14. The molecule has 2 unspecified atom stereocenters. The van der Waals surface area contributed by atoms with Gasteiger partial charge in [-0.2, -0.15) is 0 Å². The number of para-hydroxylation sites is 1. The van der Waals surface area contributed by atoms with Crippen molar-refractivity contribution in [2.24, 2.45) is 0 Å². The number of anilines is 1. The molecule has 0 spiro atoms. The molecular weight excluding hydrogens is 274 g/mol. The summed E-state index contributed by atoms with van der Waals surface area (Å²) in [7, 11) is -0.970. The molecule has 0 radical (unpaired) electrons. The van der Waals surface area contributed by atoms with Crippen LogP contribution in [0.2, 0.25) is 0 Å². The Morgan fingerprint density at radius 1 is 1.45 bits per heavy atom. The Balaban J connectivity index is 2.20. The number of pyridine rings is 1. The van der Waals surface area contributed by atoms with E-state index in [1.807, 2.05) is 31.2 Å². The van der Waals surface area contributed by atoms with E-state index in [1.54, 1.807) is 12.3 Å². The van der Waals surface area contributed by atoms with Gasteiger partial charge in [0.25, 0.3) is 5.91 Å². The van der Waals surface area contributed by atoms with Gasteiger partial charge in [-0.1, -0.05) is 18.2 Å². The molecule has 0 saturated heterocycles. The van der Waals surface area contributed by atoms with Crippen LogP contribution in [0.15, 0.2) is 30.3 Å². The maximum Gasteiger partial charge on any atom is 0.270 e. The average Bonchev–Trinajstić information content (AvgIpc) is 2.44. The molecule has 0 saturated carbocycles. The number of nitrogen functional groups attached to an aromatic ring is 1. The van der Waals surface area contributed by atoms with E-state index in [1.165, 1.54) is 0 Å². The van der Waals surface area contributed by atoms with Gasteiger partial charge in [0.15, 0.2) is 0 Å². The number of benzene rings is 1. The van der Waals surface area contributed by atoms with Gasteiger partial charge in [-0.25, -0.2) is 4.98 Å². The first-order valence-electron chi connectivity index (χ1n) is 6.24. The average molecular weight is 291 g/mol. The van der Waals surface area contributed by atoms with Gasteiger partial charge in [-0.05, 0) is 19.1 Å². The third-order valence-electron chi connectivity index (χ3n) is 3.10. The summed E-state index contributed by atoms with van der Waals surface area (Å²) in [6, 6.07) is 8.95. The molecule has 0 bridgehead atoms. The molecule has 0 aliphatic carbocycles. The van der Waals surface area contributed by atoms with Crippen LogP contribution in [-0.2, 0) is 10.8 Å². The van der Waals surface area contributed by atoms with E-state index in [-0.39, 0.29) is 16.9 Å². The van der Waals surface area contributed by atoms with Crippen LogP contribution in [0.25, 0.3) is 10.9 Å². The minimum absolute atomic E-state index is 0.100. The zero-order valence-corrected chi connectivity index (χ0v) is 12.2. The molecule has 2 aromatic rings. The Kier molecular flexibility index (Phi) is 4.34. The Bertz CT molecular complexity index is 673. The fourth-order valence-corrected chi connectivity index (χ4v) is 2.08. The minimum Gasteiger partial charge on any atom is -0.398 e. The number of rotatable bonds is 4. The van der Waals surface area contributed by atoms with Crippen molar-refractivity contribution in [3.63, 3.8) is 0 Å². The highest BCUT2D eigenvalue weighted by Crippen LogP contribution is 2.19. The van der Waals surface area contributed by atoms with Gasteiger partial charge >= 0.3 is 0 Å². The molecule has 1 heterocycles. The molecule has 2 rings (SSSR count). The van der Waals surface area contributed by atoms with Crippen molar-refractivity contribution < 1.29 is 9.00 Å². The fourth-order valence-electron chi connectivity index (χ4n) is 1.76.